The maximum absolute atomic E-state index is 12.2. The molecule has 1 aromatic heterocycles. The van der Waals surface area contributed by atoms with Crippen LogP contribution in [0.3, 0.4) is 0 Å². The van der Waals surface area contributed by atoms with Gasteiger partial charge in [-0.3, -0.25) is 9.59 Å². The van der Waals surface area contributed by atoms with Gasteiger partial charge in [-0.2, -0.15) is 0 Å². The Hall–Kier alpha value is -1.43. The Morgan fingerprint density at radius 2 is 2.20 bits per heavy atom. The van der Waals surface area contributed by atoms with Crippen molar-refractivity contribution in [1.29, 1.82) is 0 Å². The van der Waals surface area contributed by atoms with Crippen molar-refractivity contribution in [3.63, 3.8) is 0 Å². The van der Waals surface area contributed by atoms with E-state index < -0.39 is 5.97 Å². The van der Waals surface area contributed by atoms with E-state index in [-0.39, 0.29) is 17.7 Å². The van der Waals surface area contributed by atoms with Gasteiger partial charge in [0.15, 0.2) is 0 Å². The Balaban J connectivity index is 1.57. The predicted octanol–water partition coefficient (Wildman–Crippen LogP) is 1.64. The number of rotatable bonds is 5. The molecule has 1 saturated heterocycles. The average molecular weight is 294 g/mol. The molecule has 6 heteroatoms. The standard InChI is InChI=1S/C14H18N2O3S/c17-13(4-3-12-15-5-6-20-12)16-7-10(9-1-2-9)11(8-16)14(18)19/h5-6,9-11H,1-4,7-8H2,(H,18,19)/t10-,11+/m1/s1. The molecule has 0 unspecified atom stereocenters. The second-order valence-corrected chi connectivity index (χ2v) is 6.65. The van der Waals surface area contributed by atoms with Gasteiger partial charge in [-0.25, -0.2) is 4.98 Å². The van der Waals surface area contributed by atoms with E-state index in [0.717, 1.165) is 17.8 Å². The molecule has 1 aromatic rings. The minimum absolute atomic E-state index is 0.0644. The number of hydrogen-bond donors (Lipinski definition) is 1. The first-order chi connectivity index (χ1) is 9.65. The molecule has 0 bridgehead atoms. The fourth-order valence-corrected chi connectivity index (χ4v) is 3.66. The molecule has 0 spiro atoms. The van der Waals surface area contributed by atoms with Gasteiger partial charge in [0.05, 0.1) is 10.9 Å². The van der Waals surface area contributed by atoms with Gasteiger partial charge in [0.25, 0.3) is 0 Å². The highest BCUT2D eigenvalue weighted by Crippen LogP contribution is 2.44. The first-order valence-corrected chi connectivity index (χ1v) is 7.92. The summed E-state index contributed by atoms with van der Waals surface area (Å²) in [6, 6.07) is 0. The van der Waals surface area contributed by atoms with Gasteiger partial charge in [-0.1, -0.05) is 0 Å². The number of thiazole rings is 1. The van der Waals surface area contributed by atoms with Crippen LogP contribution in [0.25, 0.3) is 0 Å². The summed E-state index contributed by atoms with van der Waals surface area (Å²) in [6.07, 6.45) is 5.06. The van der Waals surface area contributed by atoms with E-state index in [4.69, 9.17) is 0 Å². The summed E-state index contributed by atoms with van der Waals surface area (Å²) in [5, 5.41) is 12.2. The van der Waals surface area contributed by atoms with E-state index >= 15 is 0 Å². The van der Waals surface area contributed by atoms with Gasteiger partial charge in [0.2, 0.25) is 5.91 Å². The number of aromatic nitrogens is 1. The number of carboxylic acids is 1. The zero-order chi connectivity index (χ0) is 14.1. The number of aliphatic carboxylic acids is 1. The summed E-state index contributed by atoms with van der Waals surface area (Å²) in [5.74, 6) is -0.373. The first-order valence-electron chi connectivity index (χ1n) is 7.04. The number of hydrogen-bond acceptors (Lipinski definition) is 4. The number of nitrogens with zero attached hydrogens (tertiary/aromatic N) is 2. The van der Waals surface area contributed by atoms with Gasteiger partial charge in [-0.05, 0) is 24.7 Å². The minimum atomic E-state index is -0.753. The third-order valence-electron chi connectivity index (χ3n) is 4.30. The molecule has 2 atom stereocenters. The fraction of sp³-hybridized carbons (Fsp3) is 0.643. The minimum Gasteiger partial charge on any atom is -0.481 e. The number of likely N-dealkylation sites (tertiary alicyclic amines) is 1. The smallest absolute Gasteiger partial charge is 0.308 e. The lowest BCUT2D eigenvalue weighted by Crippen LogP contribution is -2.30. The molecule has 5 nitrogen and oxygen atoms in total. The van der Waals surface area contributed by atoms with Crippen molar-refractivity contribution in [2.75, 3.05) is 13.1 Å². The average Bonchev–Trinajstić information content (AvgIpc) is 2.97. The summed E-state index contributed by atoms with van der Waals surface area (Å²) in [4.78, 5) is 29.4. The predicted molar refractivity (Wildman–Crippen MR) is 74.4 cm³/mol. The topological polar surface area (TPSA) is 70.5 Å². The number of carbonyl (C=O) groups is 2. The molecule has 1 aliphatic heterocycles. The van der Waals surface area contributed by atoms with Crippen LogP contribution in [-0.4, -0.2) is 40.0 Å². The zero-order valence-electron chi connectivity index (χ0n) is 11.2. The molecule has 1 aliphatic carbocycles. The summed E-state index contributed by atoms with van der Waals surface area (Å²) in [5.41, 5.74) is 0. The lowest BCUT2D eigenvalue weighted by Gasteiger charge is -2.15. The Bertz CT molecular complexity index is 499. The largest absolute Gasteiger partial charge is 0.481 e. The summed E-state index contributed by atoms with van der Waals surface area (Å²) < 4.78 is 0. The SMILES string of the molecule is O=C(O)[C@H]1CN(C(=O)CCc2nccs2)C[C@@H]1C1CC1. The van der Waals surface area contributed by atoms with E-state index in [1.54, 1.807) is 22.4 Å². The van der Waals surface area contributed by atoms with E-state index in [2.05, 4.69) is 4.98 Å². The lowest BCUT2D eigenvalue weighted by atomic mass is 9.92. The highest BCUT2D eigenvalue weighted by atomic mass is 32.1. The van der Waals surface area contributed by atoms with Crippen molar-refractivity contribution in [2.24, 2.45) is 17.8 Å². The third-order valence-corrected chi connectivity index (χ3v) is 5.14. The highest BCUT2D eigenvalue weighted by molar-refractivity contribution is 7.09. The molecular formula is C14H18N2O3S. The Labute approximate surface area is 121 Å². The van der Waals surface area contributed by atoms with Gasteiger partial charge in [0.1, 0.15) is 0 Å². The van der Waals surface area contributed by atoms with Crippen LogP contribution in [0.4, 0.5) is 0 Å². The second-order valence-electron chi connectivity index (χ2n) is 5.67. The van der Waals surface area contributed by atoms with E-state index in [0.29, 0.717) is 31.8 Å². The summed E-state index contributed by atoms with van der Waals surface area (Å²) in [7, 11) is 0. The van der Waals surface area contributed by atoms with Crippen LogP contribution in [0.2, 0.25) is 0 Å². The van der Waals surface area contributed by atoms with Crippen molar-refractivity contribution < 1.29 is 14.7 Å². The van der Waals surface area contributed by atoms with E-state index in [1.807, 2.05) is 5.38 Å². The normalized spacial score (nSPS) is 25.9. The molecular weight excluding hydrogens is 276 g/mol. The zero-order valence-corrected chi connectivity index (χ0v) is 12.0. The van der Waals surface area contributed by atoms with Gasteiger partial charge >= 0.3 is 5.97 Å². The van der Waals surface area contributed by atoms with Crippen LogP contribution in [0.1, 0.15) is 24.3 Å². The van der Waals surface area contributed by atoms with Gasteiger partial charge in [0, 0.05) is 37.5 Å². The molecule has 20 heavy (non-hydrogen) atoms. The number of aryl methyl sites for hydroxylation is 1. The van der Waals surface area contributed by atoms with Crippen molar-refractivity contribution in [3.05, 3.63) is 16.6 Å². The Morgan fingerprint density at radius 1 is 1.40 bits per heavy atom. The Morgan fingerprint density at radius 3 is 2.80 bits per heavy atom. The molecule has 0 radical (unpaired) electrons. The molecule has 1 N–H and O–H groups in total. The molecule has 2 aliphatic rings. The summed E-state index contributed by atoms with van der Waals surface area (Å²) >= 11 is 1.55. The molecule has 2 heterocycles. The highest BCUT2D eigenvalue weighted by Gasteiger charge is 2.46. The number of carbonyl (C=O) groups excluding carboxylic acids is 1. The van der Waals surface area contributed by atoms with Crippen LogP contribution in [-0.2, 0) is 16.0 Å². The van der Waals surface area contributed by atoms with Crippen LogP contribution in [0, 0.1) is 17.8 Å². The van der Waals surface area contributed by atoms with Crippen molar-refractivity contribution in [2.45, 2.75) is 25.7 Å². The maximum atomic E-state index is 12.2. The molecule has 0 aromatic carbocycles. The maximum Gasteiger partial charge on any atom is 0.308 e. The van der Waals surface area contributed by atoms with Gasteiger partial charge in [-0.15, -0.1) is 11.3 Å². The number of carboxylic acid groups (broad SMARTS) is 1. The quantitative estimate of drug-likeness (QED) is 0.896. The van der Waals surface area contributed by atoms with Crippen LogP contribution < -0.4 is 0 Å². The van der Waals surface area contributed by atoms with Crippen LogP contribution >= 0.6 is 11.3 Å². The summed E-state index contributed by atoms with van der Waals surface area (Å²) in [6.45, 7) is 1.01. The van der Waals surface area contributed by atoms with Crippen molar-refractivity contribution >= 4 is 23.2 Å². The van der Waals surface area contributed by atoms with Crippen molar-refractivity contribution in [3.8, 4) is 0 Å². The molecule has 108 valence electrons. The fourth-order valence-electron chi connectivity index (χ4n) is 3.04. The third kappa shape index (κ3) is 2.85. The van der Waals surface area contributed by atoms with Crippen molar-refractivity contribution in [1.82, 2.24) is 9.88 Å². The Kier molecular flexibility index (Phi) is 3.74. The monoisotopic (exact) mass is 294 g/mol. The molecule has 3 rings (SSSR count). The molecule has 1 amide bonds. The second kappa shape index (κ2) is 5.52. The van der Waals surface area contributed by atoms with Crippen LogP contribution in [0.15, 0.2) is 11.6 Å². The lowest BCUT2D eigenvalue weighted by molar-refractivity contribution is -0.142. The van der Waals surface area contributed by atoms with E-state index in [1.165, 1.54) is 0 Å². The molecule has 1 saturated carbocycles. The van der Waals surface area contributed by atoms with Crippen LogP contribution in [0.5, 0.6) is 0 Å². The van der Waals surface area contributed by atoms with Gasteiger partial charge < -0.3 is 10.0 Å². The van der Waals surface area contributed by atoms with E-state index in [9.17, 15) is 14.7 Å². The molecule has 2 fully saturated rings. The number of amides is 1. The first kappa shape index (κ1) is 13.5.